The fourth-order valence-corrected chi connectivity index (χ4v) is 2.25. The lowest BCUT2D eigenvalue weighted by Gasteiger charge is -2.14. The molecular formula is C12H16N4S. The first-order valence-corrected chi connectivity index (χ1v) is 6.42. The first kappa shape index (κ1) is 12.0. The number of aromatic nitrogens is 3. The van der Waals surface area contributed by atoms with Gasteiger partial charge in [0.15, 0.2) is 0 Å². The van der Waals surface area contributed by atoms with Gasteiger partial charge in [0.05, 0.1) is 0 Å². The maximum Gasteiger partial charge on any atom is 0.208 e. The Morgan fingerprint density at radius 2 is 2.18 bits per heavy atom. The SMILES string of the molecule is CC(C)c1nnc(N(C)Cc2cccnc2)s1. The van der Waals surface area contributed by atoms with Gasteiger partial charge < -0.3 is 4.90 Å². The lowest BCUT2D eigenvalue weighted by atomic mass is 10.2. The molecule has 0 bridgehead atoms. The summed E-state index contributed by atoms with van der Waals surface area (Å²) >= 11 is 1.65. The molecule has 0 N–H and O–H groups in total. The van der Waals surface area contributed by atoms with E-state index in [1.807, 2.05) is 19.3 Å². The third-order valence-corrected chi connectivity index (χ3v) is 3.73. The molecule has 0 radical (unpaired) electrons. The summed E-state index contributed by atoms with van der Waals surface area (Å²) in [5.74, 6) is 0.438. The predicted molar refractivity (Wildman–Crippen MR) is 70.3 cm³/mol. The van der Waals surface area contributed by atoms with Crippen molar-refractivity contribution in [1.82, 2.24) is 15.2 Å². The Bertz CT molecular complexity index is 466. The molecule has 0 fully saturated rings. The van der Waals surface area contributed by atoms with Crippen LogP contribution in [0.3, 0.4) is 0 Å². The second-order valence-electron chi connectivity index (χ2n) is 4.29. The molecule has 0 atom stereocenters. The van der Waals surface area contributed by atoms with Crippen LogP contribution in [0.5, 0.6) is 0 Å². The van der Waals surface area contributed by atoms with Crippen LogP contribution < -0.4 is 4.90 Å². The van der Waals surface area contributed by atoms with Crippen molar-refractivity contribution in [3.63, 3.8) is 0 Å². The molecule has 5 heteroatoms. The summed E-state index contributed by atoms with van der Waals surface area (Å²) in [5.41, 5.74) is 1.18. The summed E-state index contributed by atoms with van der Waals surface area (Å²) in [7, 11) is 2.03. The summed E-state index contributed by atoms with van der Waals surface area (Å²) in [5, 5.41) is 10.4. The minimum absolute atomic E-state index is 0.438. The Labute approximate surface area is 105 Å². The molecule has 0 unspecified atom stereocenters. The van der Waals surface area contributed by atoms with Gasteiger partial charge in [-0.05, 0) is 11.6 Å². The van der Waals surface area contributed by atoms with E-state index >= 15 is 0 Å². The van der Waals surface area contributed by atoms with Gasteiger partial charge >= 0.3 is 0 Å². The predicted octanol–water partition coefficient (Wildman–Crippen LogP) is 2.69. The number of pyridine rings is 1. The van der Waals surface area contributed by atoms with Crippen LogP contribution in [0.15, 0.2) is 24.5 Å². The number of nitrogens with zero attached hydrogens (tertiary/aromatic N) is 4. The zero-order chi connectivity index (χ0) is 12.3. The van der Waals surface area contributed by atoms with E-state index in [9.17, 15) is 0 Å². The largest absolute Gasteiger partial charge is 0.345 e. The monoisotopic (exact) mass is 248 g/mol. The zero-order valence-corrected chi connectivity index (χ0v) is 11.1. The first-order chi connectivity index (χ1) is 8.16. The van der Waals surface area contributed by atoms with Crippen LogP contribution in [0, 0.1) is 0 Å². The zero-order valence-electron chi connectivity index (χ0n) is 10.3. The van der Waals surface area contributed by atoms with Crippen molar-refractivity contribution in [2.75, 3.05) is 11.9 Å². The van der Waals surface area contributed by atoms with Gasteiger partial charge in [-0.15, -0.1) is 10.2 Å². The van der Waals surface area contributed by atoms with Crippen LogP contribution in [0.4, 0.5) is 5.13 Å². The van der Waals surface area contributed by atoms with Crippen molar-refractivity contribution in [3.8, 4) is 0 Å². The summed E-state index contributed by atoms with van der Waals surface area (Å²) in [6, 6.07) is 4.01. The third-order valence-electron chi connectivity index (χ3n) is 2.39. The van der Waals surface area contributed by atoms with E-state index in [1.165, 1.54) is 5.56 Å². The van der Waals surface area contributed by atoms with Gasteiger partial charge in [0.2, 0.25) is 5.13 Å². The van der Waals surface area contributed by atoms with Gasteiger partial charge in [0.1, 0.15) is 5.01 Å². The van der Waals surface area contributed by atoms with E-state index in [4.69, 9.17) is 0 Å². The summed E-state index contributed by atoms with van der Waals surface area (Å²) in [6.07, 6.45) is 3.66. The topological polar surface area (TPSA) is 41.9 Å². The lowest BCUT2D eigenvalue weighted by molar-refractivity contribution is 0.817. The molecule has 4 nitrogen and oxygen atoms in total. The standard InChI is InChI=1S/C12H16N4S/c1-9(2)11-14-15-12(17-11)16(3)8-10-5-4-6-13-7-10/h4-7,9H,8H2,1-3H3. The molecule has 2 heterocycles. The normalized spacial score (nSPS) is 10.8. The second-order valence-corrected chi connectivity index (χ2v) is 5.28. The molecule has 17 heavy (non-hydrogen) atoms. The number of anilines is 1. The molecule has 0 saturated carbocycles. The molecule has 0 amide bonds. The summed E-state index contributed by atoms with van der Waals surface area (Å²) in [6.45, 7) is 5.07. The smallest absolute Gasteiger partial charge is 0.208 e. The van der Waals surface area contributed by atoms with Crippen molar-refractivity contribution < 1.29 is 0 Å². The van der Waals surface area contributed by atoms with E-state index in [0.717, 1.165) is 16.7 Å². The van der Waals surface area contributed by atoms with Gasteiger partial charge in [-0.25, -0.2) is 0 Å². The van der Waals surface area contributed by atoms with Crippen molar-refractivity contribution >= 4 is 16.5 Å². The second kappa shape index (κ2) is 5.23. The molecule has 90 valence electrons. The number of hydrogen-bond donors (Lipinski definition) is 0. The van der Waals surface area contributed by atoms with Crippen LogP contribution >= 0.6 is 11.3 Å². The number of rotatable bonds is 4. The fourth-order valence-electron chi connectivity index (χ4n) is 1.45. The molecule has 2 rings (SSSR count). The van der Waals surface area contributed by atoms with Crippen LogP contribution in [-0.2, 0) is 6.54 Å². The Hall–Kier alpha value is -1.49. The van der Waals surface area contributed by atoms with Crippen LogP contribution in [0.1, 0.15) is 30.3 Å². The maximum absolute atomic E-state index is 4.21. The lowest BCUT2D eigenvalue weighted by Crippen LogP contribution is -2.16. The summed E-state index contributed by atoms with van der Waals surface area (Å²) < 4.78 is 0. The van der Waals surface area contributed by atoms with Gasteiger partial charge in [0, 0.05) is 31.9 Å². The maximum atomic E-state index is 4.21. The highest BCUT2D eigenvalue weighted by Gasteiger charge is 2.11. The number of hydrogen-bond acceptors (Lipinski definition) is 5. The average Bonchev–Trinajstić information content (AvgIpc) is 2.79. The highest BCUT2D eigenvalue weighted by atomic mass is 32.1. The minimum Gasteiger partial charge on any atom is -0.345 e. The van der Waals surface area contributed by atoms with Gasteiger partial charge in [-0.3, -0.25) is 4.98 Å². The van der Waals surface area contributed by atoms with E-state index in [-0.39, 0.29) is 0 Å². The molecule has 2 aromatic rings. The molecule has 0 saturated heterocycles. The van der Waals surface area contributed by atoms with E-state index in [2.05, 4.69) is 40.0 Å². The van der Waals surface area contributed by atoms with Crippen LogP contribution in [0.2, 0.25) is 0 Å². The molecule has 0 aliphatic heterocycles. The Kier molecular flexibility index (Phi) is 3.68. The van der Waals surface area contributed by atoms with Gasteiger partial charge in [-0.1, -0.05) is 31.3 Å². The molecule has 0 aliphatic carbocycles. The quantitative estimate of drug-likeness (QED) is 0.834. The van der Waals surface area contributed by atoms with E-state index < -0.39 is 0 Å². The first-order valence-electron chi connectivity index (χ1n) is 5.60. The molecular weight excluding hydrogens is 232 g/mol. The average molecular weight is 248 g/mol. The van der Waals surface area contributed by atoms with Crippen molar-refractivity contribution in [3.05, 3.63) is 35.1 Å². The van der Waals surface area contributed by atoms with Gasteiger partial charge in [-0.2, -0.15) is 0 Å². The van der Waals surface area contributed by atoms with Crippen molar-refractivity contribution in [2.24, 2.45) is 0 Å². The van der Waals surface area contributed by atoms with Crippen LogP contribution in [-0.4, -0.2) is 22.2 Å². The highest BCUT2D eigenvalue weighted by molar-refractivity contribution is 7.15. The minimum atomic E-state index is 0.438. The molecule has 0 aromatic carbocycles. The van der Waals surface area contributed by atoms with E-state index in [1.54, 1.807) is 17.5 Å². The van der Waals surface area contributed by atoms with Crippen LogP contribution in [0.25, 0.3) is 0 Å². The third kappa shape index (κ3) is 3.00. The van der Waals surface area contributed by atoms with E-state index in [0.29, 0.717) is 5.92 Å². The molecule has 0 aliphatic rings. The summed E-state index contributed by atoms with van der Waals surface area (Å²) in [4.78, 5) is 6.20. The Balaban J connectivity index is 2.07. The molecule has 2 aromatic heterocycles. The van der Waals surface area contributed by atoms with Crippen molar-refractivity contribution in [2.45, 2.75) is 26.3 Å². The van der Waals surface area contributed by atoms with Crippen molar-refractivity contribution in [1.29, 1.82) is 0 Å². The Morgan fingerprint density at radius 3 is 2.76 bits per heavy atom. The fraction of sp³-hybridized carbons (Fsp3) is 0.417. The Morgan fingerprint density at radius 1 is 1.35 bits per heavy atom. The van der Waals surface area contributed by atoms with Gasteiger partial charge in [0.25, 0.3) is 0 Å². The molecule has 0 spiro atoms. The highest BCUT2D eigenvalue weighted by Crippen LogP contribution is 2.25.